The summed E-state index contributed by atoms with van der Waals surface area (Å²) in [6.07, 6.45) is 6.16. The summed E-state index contributed by atoms with van der Waals surface area (Å²) in [7, 11) is 0. The smallest absolute Gasteiger partial charge is 0.204 e. The van der Waals surface area contributed by atoms with Crippen molar-refractivity contribution in [2.75, 3.05) is 6.61 Å². The van der Waals surface area contributed by atoms with Gasteiger partial charge in [-0.15, -0.1) is 0 Å². The fourth-order valence-corrected chi connectivity index (χ4v) is 2.98. The Hall–Kier alpha value is -3.21. The molecule has 3 aromatic rings. The fourth-order valence-electron chi connectivity index (χ4n) is 2.98. The van der Waals surface area contributed by atoms with Crippen LogP contribution in [0.1, 0.15) is 33.6 Å². The second-order valence-electron chi connectivity index (χ2n) is 7.11. The Balaban J connectivity index is 1.84. The first-order valence-electron chi connectivity index (χ1n) is 9.19. The molecule has 3 rings (SSSR count). The number of ether oxygens (including phenoxy) is 1. The topological polar surface area (TPSA) is 79.9 Å². The molecule has 0 saturated heterocycles. The van der Waals surface area contributed by atoms with Crippen LogP contribution in [0.15, 0.2) is 62.8 Å². The zero-order chi connectivity index (χ0) is 20.3. The van der Waals surface area contributed by atoms with Crippen LogP contribution in [-0.4, -0.2) is 16.8 Å². The van der Waals surface area contributed by atoms with Gasteiger partial charge in [-0.25, -0.2) is 0 Å². The Morgan fingerprint density at radius 2 is 1.86 bits per heavy atom. The molecule has 0 aliphatic rings. The van der Waals surface area contributed by atoms with Gasteiger partial charge in [-0.2, -0.15) is 0 Å². The SMILES string of the molecule is CC(C)=CCCC(C)=CCOc1cc(O)c2c(=O)c3cc(O)ccc3oc2c1. The van der Waals surface area contributed by atoms with Crippen molar-refractivity contribution in [1.82, 2.24) is 0 Å². The van der Waals surface area contributed by atoms with Crippen molar-refractivity contribution < 1.29 is 19.4 Å². The number of phenols is 2. The maximum Gasteiger partial charge on any atom is 0.204 e. The maximum absolute atomic E-state index is 12.6. The van der Waals surface area contributed by atoms with Crippen LogP contribution in [0, 0.1) is 0 Å². The van der Waals surface area contributed by atoms with Crippen LogP contribution in [0.2, 0.25) is 0 Å². The molecule has 0 bridgehead atoms. The molecule has 28 heavy (non-hydrogen) atoms. The standard InChI is InChI=1S/C23H24O5/c1-14(2)5-4-6-15(3)9-10-27-17-12-19(25)22-21(13-17)28-20-8-7-16(24)11-18(20)23(22)26/h5,7-9,11-13,24-25H,4,6,10H2,1-3H3. The molecule has 0 unspecified atom stereocenters. The molecule has 2 N–H and O–H groups in total. The maximum atomic E-state index is 12.6. The van der Waals surface area contributed by atoms with E-state index >= 15 is 0 Å². The molecule has 0 amide bonds. The van der Waals surface area contributed by atoms with Gasteiger partial charge in [0.05, 0.1) is 5.39 Å². The van der Waals surface area contributed by atoms with Gasteiger partial charge in [-0.3, -0.25) is 4.79 Å². The van der Waals surface area contributed by atoms with Crippen molar-refractivity contribution in [2.24, 2.45) is 0 Å². The summed E-state index contributed by atoms with van der Waals surface area (Å²) in [4.78, 5) is 12.6. The van der Waals surface area contributed by atoms with Gasteiger partial charge in [0, 0.05) is 12.1 Å². The Morgan fingerprint density at radius 3 is 2.61 bits per heavy atom. The average molecular weight is 380 g/mol. The Kier molecular flexibility index (Phi) is 5.73. The number of benzene rings is 2. The highest BCUT2D eigenvalue weighted by molar-refractivity contribution is 5.94. The van der Waals surface area contributed by atoms with Gasteiger partial charge >= 0.3 is 0 Å². The van der Waals surface area contributed by atoms with Gasteiger partial charge in [0.2, 0.25) is 5.43 Å². The Labute approximate surface area is 163 Å². The molecule has 0 atom stereocenters. The van der Waals surface area contributed by atoms with Gasteiger partial charge in [-0.1, -0.05) is 17.2 Å². The van der Waals surface area contributed by atoms with Crippen LogP contribution in [0.3, 0.4) is 0 Å². The lowest BCUT2D eigenvalue weighted by Crippen LogP contribution is -2.03. The lowest BCUT2D eigenvalue weighted by atomic mass is 10.1. The highest BCUT2D eigenvalue weighted by Gasteiger charge is 2.14. The number of fused-ring (bicyclic) bond motifs is 2. The predicted octanol–water partition coefficient (Wildman–Crippen LogP) is 5.43. The second-order valence-corrected chi connectivity index (χ2v) is 7.11. The first-order chi connectivity index (χ1) is 13.3. The minimum Gasteiger partial charge on any atom is -0.508 e. The van der Waals surface area contributed by atoms with Gasteiger partial charge in [0.1, 0.15) is 40.4 Å². The number of hydrogen-bond donors (Lipinski definition) is 2. The number of hydrogen-bond acceptors (Lipinski definition) is 5. The van der Waals surface area contributed by atoms with Crippen molar-refractivity contribution in [3.63, 3.8) is 0 Å². The summed E-state index contributed by atoms with van der Waals surface area (Å²) in [6, 6.07) is 7.29. The molecule has 0 aliphatic heterocycles. The summed E-state index contributed by atoms with van der Waals surface area (Å²) in [6.45, 7) is 6.58. The minimum absolute atomic E-state index is 0.0367. The third-order valence-corrected chi connectivity index (χ3v) is 4.48. The molecule has 2 aromatic carbocycles. The highest BCUT2D eigenvalue weighted by Crippen LogP contribution is 2.31. The second kappa shape index (κ2) is 8.21. The van der Waals surface area contributed by atoms with Crippen LogP contribution in [0.4, 0.5) is 0 Å². The van der Waals surface area contributed by atoms with Crippen LogP contribution in [0.5, 0.6) is 17.2 Å². The van der Waals surface area contributed by atoms with E-state index in [1.165, 1.54) is 35.4 Å². The molecular weight excluding hydrogens is 356 g/mol. The quantitative estimate of drug-likeness (QED) is 0.440. The third-order valence-electron chi connectivity index (χ3n) is 4.48. The van der Waals surface area contributed by atoms with Crippen LogP contribution in [0.25, 0.3) is 21.9 Å². The molecule has 0 radical (unpaired) electrons. The van der Waals surface area contributed by atoms with Crippen molar-refractivity contribution in [2.45, 2.75) is 33.6 Å². The molecular formula is C23H24O5. The van der Waals surface area contributed by atoms with Crippen molar-refractivity contribution in [3.8, 4) is 17.2 Å². The third kappa shape index (κ3) is 4.36. The van der Waals surface area contributed by atoms with Crippen LogP contribution in [-0.2, 0) is 0 Å². The average Bonchev–Trinajstić information content (AvgIpc) is 2.62. The van der Waals surface area contributed by atoms with E-state index in [0.717, 1.165) is 12.8 Å². The lowest BCUT2D eigenvalue weighted by molar-refractivity contribution is 0.358. The zero-order valence-electron chi connectivity index (χ0n) is 16.3. The monoisotopic (exact) mass is 380 g/mol. The van der Waals surface area contributed by atoms with Gasteiger partial charge in [-0.05, 0) is 57.9 Å². The Morgan fingerprint density at radius 1 is 1.07 bits per heavy atom. The summed E-state index contributed by atoms with van der Waals surface area (Å²) >= 11 is 0. The minimum atomic E-state index is -0.397. The number of phenolic OH excluding ortho intramolecular Hbond substituents is 2. The van der Waals surface area contributed by atoms with E-state index in [-0.39, 0.29) is 27.9 Å². The van der Waals surface area contributed by atoms with Gasteiger partial charge < -0.3 is 19.4 Å². The van der Waals surface area contributed by atoms with E-state index in [4.69, 9.17) is 9.15 Å². The van der Waals surface area contributed by atoms with Crippen LogP contribution >= 0.6 is 0 Å². The van der Waals surface area contributed by atoms with Crippen LogP contribution < -0.4 is 10.2 Å². The molecule has 0 saturated carbocycles. The summed E-state index contributed by atoms with van der Waals surface area (Å²) < 4.78 is 11.4. The van der Waals surface area contributed by atoms with Gasteiger partial charge in [0.15, 0.2) is 0 Å². The largest absolute Gasteiger partial charge is 0.508 e. The first kappa shape index (κ1) is 19.5. The first-order valence-corrected chi connectivity index (χ1v) is 9.19. The molecule has 0 aliphatic carbocycles. The Bertz CT molecular complexity index is 1130. The summed E-state index contributed by atoms with van der Waals surface area (Å²) in [5.74, 6) is 0.167. The van der Waals surface area contributed by atoms with E-state index in [1.807, 2.05) is 6.08 Å². The fraction of sp³-hybridized carbons (Fsp3) is 0.261. The highest BCUT2D eigenvalue weighted by atomic mass is 16.5. The van der Waals surface area contributed by atoms with Crippen molar-refractivity contribution in [1.29, 1.82) is 0 Å². The van der Waals surface area contributed by atoms with E-state index < -0.39 is 5.43 Å². The molecule has 5 nitrogen and oxygen atoms in total. The van der Waals surface area contributed by atoms with E-state index in [0.29, 0.717) is 17.9 Å². The molecule has 146 valence electrons. The zero-order valence-corrected chi connectivity index (χ0v) is 16.3. The molecule has 0 fully saturated rings. The van der Waals surface area contributed by atoms with E-state index in [2.05, 4.69) is 26.8 Å². The number of rotatable bonds is 6. The summed E-state index contributed by atoms with van der Waals surface area (Å²) in [5.41, 5.74) is 2.70. The van der Waals surface area contributed by atoms with E-state index in [1.54, 1.807) is 6.07 Å². The molecule has 0 spiro atoms. The molecule has 1 aromatic heterocycles. The summed E-state index contributed by atoms with van der Waals surface area (Å²) in [5, 5.41) is 20.2. The number of allylic oxidation sites excluding steroid dienone is 3. The molecule has 5 heteroatoms. The van der Waals surface area contributed by atoms with E-state index in [9.17, 15) is 15.0 Å². The van der Waals surface area contributed by atoms with Crippen molar-refractivity contribution in [3.05, 3.63) is 63.9 Å². The van der Waals surface area contributed by atoms with Crippen molar-refractivity contribution >= 4 is 21.9 Å². The normalized spacial score (nSPS) is 11.8. The lowest BCUT2D eigenvalue weighted by Gasteiger charge is -2.08. The molecule has 1 heterocycles. The van der Waals surface area contributed by atoms with Gasteiger partial charge in [0.25, 0.3) is 0 Å². The predicted molar refractivity (Wildman–Crippen MR) is 111 cm³/mol. The number of aromatic hydroxyl groups is 2.